The van der Waals surface area contributed by atoms with E-state index in [1.54, 1.807) is 4.90 Å². The maximum Gasteiger partial charge on any atom is 0.255 e. The minimum Gasteiger partial charge on any atom is -0.322 e. The Balaban J connectivity index is 1.20. The summed E-state index contributed by atoms with van der Waals surface area (Å²) in [5.74, 6) is -0.725. The van der Waals surface area contributed by atoms with Crippen molar-refractivity contribution >= 4 is 17.7 Å². The number of piperazine rings is 1. The highest BCUT2D eigenvalue weighted by atomic mass is 16.2. The lowest BCUT2D eigenvalue weighted by Gasteiger charge is -2.47. The molecule has 0 spiro atoms. The van der Waals surface area contributed by atoms with Crippen LogP contribution in [0.5, 0.6) is 0 Å². The van der Waals surface area contributed by atoms with Crippen molar-refractivity contribution < 1.29 is 14.4 Å². The van der Waals surface area contributed by atoms with Gasteiger partial charge in [0.2, 0.25) is 11.8 Å². The van der Waals surface area contributed by atoms with Gasteiger partial charge in [0.15, 0.2) is 0 Å². The highest BCUT2D eigenvalue weighted by Crippen LogP contribution is 2.29. The minimum absolute atomic E-state index is 0.108. The van der Waals surface area contributed by atoms with E-state index < -0.39 is 6.04 Å². The molecule has 8 nitrogen and oxygen atoms in total. The Morgan fingerprint density at radius 1 is 1.07 bits per heavy atom. The van der Waals surface area contributed by atoms with Gasteiger partial charge in [0.1, 0.15) is 6.04 Å². The first-order chi connectivity index (χ1) is 14.1. The Morgan fingerprint density at radius 3 is 2.62 bits per heavy atom. The molecule has 2 N–H and O–H groups in total. The summed E-state index contributed by atoms with van der Waals surface area (Å²) in [6, 6.07) is 6.15. The molecule has 0 saturated carbocycles. The van der Waals surface area contributed by atoms with Gasteiger partial charge in [-0.2, -0.15) is 0 Å². The average Bonchev–Trinajstić information content (AvgIpc) is 3.01. The molecule has 29 heavy (non-hydrogen) atoms. The largest absolute Gasteiger partial charge is 0.322 e. The van der Waals surface area contributed by atoms with Crippen LogP contribution in [0.25, 0.3) is 0 Å². The molecule has 154 valence electrons. The van der Waals surface area contributed by atoms with Gasteiger partial charge in [-0.1, -0.05) is 12.1 Å². The lowest BCUT2D eigenvalue weighted by atomic mass is 10.0. The second-order valence-corrected chi connectivity index (χ2v) is 8.53. The van der Waals surface area contributed by atoms with E-state index in [9.17, 15) is 14.4 Å². The normalized spacial score (nSPS) is 26.4. The fourth-order valence-corrected chi connectivity index (χ4v) is 4.93. The van der Waals surface area contributed by atoms with E-state index in [0.717, 1.165) is 51.4 Å². The van der Waals surface area contributed by atoms with E-state index in [4.69, 9.17) is 0 Å². The number of carbonyl (C=O) groups excluding carboxylic acids is 3. The first kappa shape index (κ1) is 18.7. The topological polar surface area (TPSA) is 85.0 Å². The van der Waals surface area contributed by atoms with Crippen molar-refractivity contribution in [2.75, 3.05) is 39.3 Å². The molecule has 5 rings (SSSR count). The summed E-state index contributed by atoms with van der Waals surface area (Å²) < 4.78 is 0. The highest BCUT2D eigenvalue weighted by molar-refractivity contribution is 6.05. The SMILES string of the molecule is O=C1CCC(N2Cc3cc(CN4CC(N5CCNCC5)C4)ccc3C2=O)C(=O)N1. The molecule has 3 fully saturated rings. The summed E-state index contributed by atoms with van der Waals surface area (Å²) >= 11 is 0. The Bertz CT molecular complexity index is 845. The molecule has 4 heterocycles. The summed E-state index contributed by atoms with van der Waals surface area (Å²) in [5, 5.41) is 5.75. The van der Waals surface area contributed by atoms with Gasteiger partial charge in [-0.25, -0.2) is 0 Å². The molecule has 8 heteroatoms. The standard InChI is InChI=1S/C21H27N5O3/c27-19-4-3-18(20(28)23-19)26-11-15-9-14(1-2-17(15)21(26)29)10-24-12-16(13-24)25-7-5-22-6-8-25/h1-2,9,16,18,22H,3-8,10-13H2,(H,23,27,28). The number of nitrogens with zero attached hydrogens (tertiary/aromatic N) is 3. The summed E-state index contributed by atoms with van der Waals surface area (Å²) in [5.41, 5.74) is 2.87. The first-order valence-electron chi connectivity index (χ1n) is 10.5. The number of rotatable bonds is 4. The molecule has 4 aliphatic heterocycles. The van der Waals surface area contributed by atoms with Crippen LogP contribution in [0, 0.1) is 0 Å². The molecule has 3 amide bonds. The van der Waals surface area contributed by atoms with Crippen molar-refractivity contribution in [3.63, 3.8) is 0 Å². The monoisotopic (exact) mass is 397 g/mol. The van der Waals surface area contributed by atoms with Crippen molar-refractivity contribution in [3.05, 3.63) is 34.9 Å². The number of piperidine rings is 1. The third kappa shape index (κ3) is 3.56. The summed E-state index contributed by atoms with van der Waals surface area (Å²) in [7, 11) is 0. The quantitative estimate of drug-likeness (QED) is 0.669. The van der Waals surface area contributed by atoms with Crippen LogP contribution in [-0.2, 0) is 22.7 Å². The molecule has 1 aromatic rings. The van der Waals surface area contributed by atoms with Crippen LogP contribution < -0.4 is 10.6 Å². The van der Waals surface area contributed by atoms with Gasteiger partial charge in [0, 0.05) is 70.4 Å². The van der Waals surface area contributed by atoms with Crippen molar-refractivity contribution in [1.82, 2.24) is 25.3 Å². The van der Waals surface area contributed by atoms with Crippen LogP contribution in [0.15, 0.2) is 18.2 Å². The van der Waals surface area contributed by atoms with Crippen molar-refractivity contribution in [2.45, 2.75) is 38.0 Å². The van der Waals surface area contributed by atoms with E-state index >= 15 is 0 Å². The number of hydrogen-bond acceptors (Lipinski definition) is 6. The maximum atomic E-state index is 12.8. The number of nitrogens with one attached hydrogen (secondary N) is 2. The predicted molar refractivity (Wildman–Crippen MR) is 106 cm³/mol. The van der Waals surface area contributed by atoms with Crippen molar-refractivity contribution in [1.29, 1.82) is 0 Å². The van der Waals surface area contributed by atoms with Gasteiger partial charge >= 0.3 is 0 Å². The van der Waals surface area contributed by atoms with Gasteiger partial charge < -0.3 is 10.2 Å². The number of likely N-dealkylation sites (tertiary alicyclic amines) is 1. The van der Waals surface area contributed by atoms with E-state index in [0.29, 0.717) is 24.6 Å². The first-order valence-corrected chi connectivity index (χ1v) is 10.5. The summed E-state index contributed by atoms with van der Waals surface area (Å²) in [6.45, 7) is 7.96. The van der Waals surface area contributed by atoms with Gasteiger partial charge in [-0.15, -0.1) is 0 Å². The average molecular weight is 397 g/mol. The molecule has 1 atom stereocenters. The van der Waals surface area contributed by atoms with Crippen LogP contribution >= 0.6 is 0 Å². The zero-order valence-electron chi connectivity index (χ0n) is 16.5. The Kier molecular flexibility index (Phi) is 4.85. The molecule has 1 aromatic carbocycles. The number of carbonyl (C=O) groups is 3. The lowest BCUT2D eigenvalue weighted by molar-refractivity contribution is -0.136. The number of amides is 3. The van der Waals surface area contributed by atoms with Crippen LogP contribution in [0.4, 0.5) is 0 Å². The van der Waals surface area contributed by atoms with Gasteiger partial charge in [-0.3, -0.25) is 29.5 Å². The van der Waals surface area contributed by atoms with Crippen molar-refractivity contribution in [3.8, 4) is 0 Å². The summed E-state index contributed by atoms with van der Waals surface area (Å²) in [6.07, 6.45) is 0.684. The second kappa shape index (κ2) is 7.51. The fourth-order valence-electron chi connectivity index (χ4n) is 4.93. The molecule has 0 bridgehead atoms. The molecule has 0 aromatic heterocycles. The molecule has 0 radical (unpaired) electrons. The molecule has 4 aliphatic rings. The van der Waals surface area contributed by atoms with Crippen LogP contribution in [-0.4, -0.2) is 83.8 Å². The third-order valence-electron chi connectivity index (χ3n) is 6.60. The molecular formula is C21H27N5O3. The van der Waals surface area contributed by atoms with Gasteiger partial charge in [-0.05, 0) is 23.6 Å². The predicted octanol–water partition coefficient (Wildman–Crippen LogP) is -0.463. The van der Waals surface area contributed by atoms with Gasteiger partial charge in [0.05, 0.1) is 0 Å². The van der Waals surface area contributed by atoms with Crippen molar-refractivity contribution in [2.24, 2.45) is 0 Å². The Hall–Kier alpha value is -2.29. The maximum absolute atomic E-state index is 12.8. The Morgan fingerprint density at radius 2 is 1.86 bits per heavy atom. The zero-order chi connectivity index (χ0) is 20.0. The summed E-state index contributed by atoms with van der Waals surface area (Å²) in [4.78, 5) is 43.0. The molecule has 0 aliphatic carbocycles. The lowest BCUT2D eigenvalue weighted by Crippen LogP contribution is -2.62. The number of fused-ring (bicyclic) bond motifs is 1. The van der Waals surface area contributed by atoms with E-state index in [1.165, 1.54) is 5.56 Å². The van der Waals surface area contributed by atoms with E-state index in [1.807, 2.05) is 12.1 Å². The molecule has 1 unspecified atom stereocenters. The smallest absolute Gasteiger partial charge is 0.255 e. The number of benzene rings is 1. The molecule has 3 saturated heterocycles. The van der Waals surface area contributed by atoms with Crippen LogP contribution in [0.1, 0.15) is 34.3 Å². The van der Waals surface area contributed by atoms with E-state index in [-0.39, 0.29) is 24.1 Å². The van der Waals surface area contributed by atoms with Gasteiger partial charge in [0.25, 0.3) is 5.91 Å². The Labute approximate surface area is 170 Å². The number of imide groups is 1. The second-order valence-electron chi connectivity index (χ2n) is 8.53. The fraction of sp³-hybridized carbons (Fsp3) is 0.571. The molecular weight excluding hydrogens is 370 g/mol. The zero-order valence-corrected chi connectivity index (χ0v) is 16.5. The minimum atomic E-state index is -0.550. The van der Waals surface area contributed by atoms with Crippen LogP contribution in [0.2, 0.25) is 0 Å². The van der Waals surface area contributed by atoms with Crippen LogP contribution in [0.3, 0.4) is 0 Å². The highest BCUT2D eigenvalue weighted by Gasteiger charge is 2.39. The third-order valence-corrected chi connectivity index (χ3v) is 6.60. The van der Waals surface area contributed by atoms with E-state index in [2.05, 4.69) is 26.5 Å². The number of hydrogen-bond donors (Lipinski definition) is 2.